The standard InChI is InChI=1S/C13H18N2O4/c1-19-11-6-2-4-9(12(11)16)8-15-10(13(17)18)5-3-7-14/h2,4,6,8,10,16H,3,5,7,14H2,1H3,(H,17,18). The molecule has 0 amide bonds. The number of nitrogens with zero attached hydrogens (tertiary/aromatic N) is 1. The Balaban J connectivity index is 2.86. The van der Waals surface area contributed by atoms with E-state index in [1.165, 1.54) is 13.3 Å². The van der Waals surface area contributed by atoms with Crippen molar-refractivity contribution in [1.82, 2.24) is 0 Å². The summed E-state index contributed by atoms with van der Waals surface area (Å²) in [6.07, 6.45) is 2.29. The molecule has 1 aromatic rings. The van der Waals surface area contributed by atoms with E-state index in [2.05, 4.69) is 4.99 Å². The zero-order valence-electron chi connectivity index (χ0n) is 10.7. The van der Waals surface area contributed by atoms with Crippen LogP contribution in [0.2, 0.25) is 0 Å². The molecule has 0 radical (unpaired) electrons. The van der Waals surface area contributed by atoms with E-state index in [9.17, 15) is 9.90 Å². The first-order valence-corrected chi connectivity index (χ1v) is 5.92. The molecule has 0 saturated heterocycles. The van der Waals surface area contributed by atoms with E-state index in [1.807, 2.05) is 0 Å². The van der Waals surface area contributed by atoms with Crippen molar-refractivity contribution in [2.24, 2.45) is 10.7 Å². The third-order valence-electron chi connectivity index (χ3n) is 2.61. The van der Waals surface area contributed by atoms with Crippen LogP contribution in [0.4, 0.5) is 0 Å². The lowest BCUT2D eigenvalue weighted by Gasteiger charge is -2.07. The van der Waals surface area contributed by atoms with E-state index < -0.39 is 12.0 Å². The second kappa shape index (κ2) is 7.38. The molecule has 1 atom stereocenters. The molecule has 1 unspecified atom stereocenters. The number of carboxylic acids is 1. The molecule has 1 rings (SSSR count). The Morgan fingerprint density at radius 2 is 2.32 bits per heavy atom. The topological polar surface area (TPSA) is 105 Å². The van der Waals surface area contributed by atoms with Crippen molar-refractivity contribution in [3.63, 3.8) is 0 Å². The number of rotatable bonds is 7. The minimum Gasteiger partial charge on any atom is -0.504 e. The second-order valence-corrected chi connectivity index (χ2v) is 3.96. The van der Waals surface area contributed by atoms with Crippen molar-refractivity contribution < 1.29 is 19.7 Å². The fraction of sp³-hybridized carbons (Fsp3) is 0.385. The van der Waals surface area contributed by atoms with Crippen LogP contribution in [0.15, 0.2) is 23.2 Å². The van der Waals surface area contributed by atoms with Crippen LogP contribution in [-0.2, 0) is 4.79 Å². The maximum atomic E-state index is 11.0. The molecule has 19 heavy (non-hydrogen) atoms. The highest BCUT2D eigenvalue weighted by atomic mass is 16.5. The molecule has 4 N–H and O–H groups in total. The number of carbonyl (C=O) groups is 1. The number of aliphatic imine (C=N–C) groups is 1. The average Bonchev–Trinajstić information content (AvgIpc) is 2.40. The van der Waals surface area contributed by atoms with Gasteiger partial charge in [0, 0.05) is 11.8 Å². The highest BCUT2D eigenvalue weighted by Gasteiger charge is 2.14. The number of ether oxygens (including phenoxy) is 1. The number of hydrogen-bond donors (Lipinski definition) is 3. The highest BCUT2D eigenvalue weighted by Crippen LogP contribution is 2.28. The van der Waals surface area contributed by atoms with Gasteiger partial charge in [-0.25, -0.2) is 4.79 Å². The largest absolute Gasteiger partial charge is 0.504 e. The van der Waals surface area contributed by atoms with Crippen LogP contribution < -0.4 is 10.5 Å². The molecule has 1 aromatic carbocycles. The zero-order chi connectivity index (χ0) is 14.3. The summed E-state index contributed by atoms with van der Waals surface area (Å²) in [5.41, 5.74) is 5.76. The van der Waals surface area contributed by atoms with Crippen molar-refractivity contribution in [3.8, 4) is 11.5 Å². The average molecular weight is 266 g/mol. The minimum atomic E-state index is -1.01. The lowest BCUT2D eigenvalue weighted by atomic mass is 10.1. The number of aliphatic carboxylic acids is 1. The summed E-state index contributed by atoms with van der Waals surface area (Å²) < 4.78 is 4.96. The Kier molecular flexibility index (Phi) is 5.81. The van der Waals surface area contributed by atoms with Crippen molar-refractivity contribution in [3.05, 3.63) is 23.8 Å². The van der Waals surface area contributed by atoms with Crippen LogP contribution in [0.1, 0.15) is 18.4 Å². The lowest BCUT2D eigenvalue weighted by molar-refractivity contribution is -0.138. The van der Waals surface area contributed by atoms with Crippen molar-refractivity contribution in [1.29, 1.82) is 0 Å². The summed E-state index contributed by atoms with van der Waals surface area (Å²) in [5.74, 6) is -0.749. The van der Waals surface area contributed by atoms with Crippen LogP contribution in [0, 0.1) is 0 Å². The van der Waals surface area contributed by atoms with Crippen LogP contribution in [0.5, 0.6) is 11.5 Å². The number of hydrogen-bond acceptors (Lipinski definition) is 5. The maximum Gasteiger partial charge on any atom is 0.328 e. The van der Waals surface area contributed by atoms with Gasteiger partial charge >= 0.3 is 5.97 Å². The molecule has 0 bridgehead atoms. The summed E-state index contributed by atoms with van der Waals surface area (Å²) in [6.45, 7) is 0.420. The van der Waals surface area contributed by atoms with Gasteiger partial charge in [-0.15, -0.1) is 0 Å². The van der Waals surface area contributed by atoms with E-state index in [1.54, 1.807) is 18.2 Å². The normalized spacial score (nSPS) is 12.5. The van der Waals surface area contributed by atoms with Gasteiger partial charge in [-0.3, -0.25) is 4.99 Å². The summed E-state index contributed by atoms with van der Waals surface area (Å²) in [7, 11) is 1.44. The second-order valence-electron chi connectivity index (χ2n) is 3.96. The molecule has 0 aliphatic heterocycles. The van der Waals surface area contributed by atoms with Gasteiger partial charge in [0.25, 0.3) is 0 Å². The SMILES string of the molecule is COc1cccc(C=NC(CCCN)C(=O)O)c1O. The first kappa shape index (κ1) is 15.0. The number of nitrogens with two attached hydrogens (primary N) is 1. The number of carboxylic acid groups (broad SMARTS) is 1. The van der Waals surface area contributed by atoms with E-state index in [-0.39, 0.29) is 5.75 Å². The summed E-state index contributed by atoms with van der Waals surface area (Å²) in [4.78, 5) is 15.0. The van der Waals surface area contributed by atoms with Crippen molar-refractivity contribution >= 4 is 12.2 Å². The first-order chi connectivity index (χ1) is 9.10. The summed E-state index contributed by atoms with van der Waals surface area (Å²) in [5, 5.41) is 18.8. The quantitative estimate of drug-likeness (QED) is 0.639. The van der Waals surface area contributed by atoms with Crippen LogP contribution in [0.3, 0.4) is 0 Å². The van der Waals surface area contributed by atoms with Gasteiger partial charge in [0.1, 0.15) is 6.04 Å². The molecule has 6 heteroatoms. The predicted molar refractivity (Wildman–Crippen MR) is 72.0 cm³/mol. The summed E-state index contributed by atoms with van der Waals surface area (Å²) >= 11 is 0. The smallest absolute Gasteiger partial charge is 0.328 e. The molecule has 104 valence electrons. The molecule has 0 heterocycles. The Morgan fingerprint density at radius 3 is 2.89 bits per heavy atom. The number of phenolic OH excluding ortho intramolecular Hbond substituents is 1. The third kappa shape index (κ3) is 4.26. The number of methoxy groups -OCH3 is 1. The fourth-order valence-electron chi connectivity index (χ4n) is 1.55. The molecule has 0 aliphatic rings. The van der Waals surface area contributed by atoms with Gasteiger partial charge in [-0.05, 0) is 31.5 Å². The third-order valence-corrected chi connectivity index (χ3v) is 2.61. The predicted octanol–water partition coefficient (Wildman–Crippen LogP) is 1.01. The van der Waals surface area contributed by atoms with Gasteiger partial charge in [-0.1, -0.05) is 6.07 Å². The molecular formula is C13H18N2O4. The van der Waals surface area contributed by atoms with E-state index in [0.717, 1.165) is 0 Å². The number of benzene rings is 1. The molecule has 0 fully saturated rings. The molecular weight excluding hydrogens is 248 g/mol. The van der Waals surface area contributed by atoms with Crippen LogP contribution in [0.25, 0.3) is 0 Å². The number of phenols is 1. The minimum absolute atomic E-state index is 0.0586. The fourth-order valence-corrected chi connectivity index (χ4v) is 1.55. The molecule has 6 nitrogen and oxygen atoms in total. The Morgan fingerprint density at radius 1 is 1.58 bits per heavy atom. The van der Waals surface area contributed by atoms with Crippen molar-refractivity contribution in [2.45, 2.75) is 18.9 Å². The van der Waals surface area contributed by atoms with E-state index in [4.69, 9.17) is 15.6 Å². The molecule has 0 aliphatic carbocycles. The monoisotopic (exact) mass is 266 g/mol. The van der Waals surface area contributed by atoms with Crippen LogP contribution >= 0.6 is 0 Å². The van der Waals surface area contributed by atoms with E-state index in [0.29, 0.717) is 30.7 Å². The molecule has 0 spiro atoms. The molecule has 0 saturated carbocycles. The van der Waals surface area contributed by atoms with E-state index >= 15 is 0 Å². The Hall–Kier alpha value is -2.08. The number of aromatic hydroxyl groups is 1. The Labute approximate surface area is 111 Å². The maximum absolute atomic E-state index is 11.0. The first-order valence-electron chi connectivity index (χ1n) is 5.92. The van der Waals surface area contributed by atoms with Gasteiger partial charge < -0.3 is 20.7 Å². The van der Waals surface area contributed by atoms with Gasteiger partial charge in [0.15, 0.2) is 11.5 Å². The van der Waals surface area contributed by atoms with Gasteiger partial charge in [0.2, 0.25) is 0 Å². The summed E-state index contributed by atoms with van der Waals surface area (Å²) in [6, 6.07) is 4.07. The van der Waals surface area contributed by atoms with Gasteiger partial charge in [0.05, 0.1) is 7.11 Å². The highest BCUT2D eigenvalue weighted by molar-refractivity contribution is 5.87. The molecule has 0 aromatic heterocycles. The lowest BCUT2D eigenvalue weighted by Crippen LogP contribution is -2.19. The number of para-hydroxylation sites is 1. The van der Waals surface area contributed by atoms with Crippen LogP contribution in [-0.4, -0.2) is 42.1 Å². The van der Waals surface area contributed by atoms with Gasteiger partial charge in [-0.2, -0.15) is 0 Å². The zero-order valence-corrected chi connectivity index (χ0v) is 10.7. The Bertz CT molecular complexity index is 460. The van der Waals surface area contributed by atoms with Crippen molar-refractivity contribution in [2.75, 3.05) is 13.7 Å².